The van der Waals surface area contributed by atoms with Gasteiger partial charge >= 0.3 is 0 Å². The smallest absolute Gasteiger partial charge is 0.239 e. The van der Waals surface area contributed by atoms with E-state index in [1.807, 2.05) is 12.1 Å². The van der Waals surface area contributed by atoms with Crippen molar-refractivity contribution >= 4 is 22.9 Å². The Hall–Kier alpha value is -4.60. The fraction of sp³-hybridized carbons (Fsp3) is 0.115. The van der Waals surface area contributed by atoms with Gasteiger partial charge in [-0.3, -0.25) is 14.8 Å². The van der Waals surface area contributed by atoms with E-state index in [4.69, 9.17) is 0 Å². The van der Waals surface area contributed by atoms with Gasteiger partial charge in [0.1, 0.15) is 17.2 Å². The number of anilines is 1. The zero-order chi connectivity index (χ0) is 25.1. The van der Waals surface area contributed by atoms with E-state index in [0.717, 1.165) is 17.7 Å². The minimum Gasteiger partial charge on any atom is -0.337 e. The fourth-order valence-corrected chi connectivity index (χ4v) is 4.02. The summed E-state index contributed by atoms with van der Waals surface area (Å²) >= 11 is 0. The number of hydrogen-bond donors (Lipinski definition) is 2. The van der Waals surface area contributed by atoms with Crippen LogP contribution >= 0.6 is 0 Å². The van der Waals surface area contributed by atoms with E-state index in [1.165, 1.54) is 18.3 Å². The molecule has 10 heteroatoms. The molecule has 4 aromatic heterocycles. The Kier molecular flexibility index (Phi) is 6.40. The maximum absolute atomic E-state index is 13.3. The van der Waals surface area contributed by atoms with Crippen molar-refractivity contribution in [3.8, 4) is 22.5 Å². The van der Waals surface area contributed by atoms with Gasteiger partial charge < -0.3 is 10.3 Å². The van der Waals surface area contributed by atoms with E-state index in [9.17, 15) is 18.0 Å². The lowest BCUT2D eigenvalue weighted by Crippen LogP contribution is -2.23. The third-order valence-corrected chi connectivity index (χ3v) is 5.65. The molecule has 0 aliphatic heterocycles. The molecule has 0 aliphatic carbocycles. The van der Waals surface area contributed by atoms with Crippen molar-refractivity contribution in [2.75, 3.05) is 5.32 Å². The van der Waals surface area contributed by atoms with Crippen LogP contribution in [0.1, 0.15) is 17.9 Å². The second-order valence-electron chi connectivity index (χ2n) is 7.99. The fourth-order valence-electron chi connectivity index (χ4n) is 4.02. The Labute approximate surface area is 203 Å². The van der Waals surface area contributed by atoms with E-state index in [2.05, 4.69) is 30.2 Å². The number of hydrogen-bond acceptors (Lipinski definition) is 5. The Morgan fingerprint density at radius 3 is 2.47 bits per heavy atom. The van der Waals surface area contributed by atoms with Crippen LogP contribution in [0.15, 0.2) is 79.4 Å². The van der Waals surface area contributed by atoms with Crippen molar-refractivity contribution in [3.63, 3.8) is 0 Å². The van der Waals surface area contributed by atoms with Crippen molar-refractivity contribution in [2.24, 2.45) is 0 Å². The molecule has 0 saturated heterocycles. The SMILES string of the molecule is O=C(Nc1cc(-c2[nH]c3nccnc3c2-c2ccccn2)ccn1)[C@H](CC(F)F)c1ccc(F)cc1. The van der Waals surface area contributed by atoms with Crippen LogP contribution in [-0.4, -0.2) is 37.3 Å². The molecule has 36 heavy (non-hydrogen) atoms. The summed E-state index contributed by atoms with van der Waals surface area (Å²) in [6, 6.07) is 13.8. The molecule has 0 spiro atoms. The highest BCUT2D eigenvalue weighted by Crippen LogP contribution is 2.36. The average Bonchev–Trinajstić information content (AvgIpc) is 3.28. The monoisotopic (exact) mass is 488 g/mol. The number of aromatic nitrogens is 5. The minimum absolute atomic E-state index is 0.172. The standard InChI is InChI=1S/C26H19F3N6O/c27-17-6-4-15(5-7-17)18(14-20(28)29)26(36)34-21-13-16(8-10-31-21)23-22(19-3-1-2-9-30-19)24-25(35-23)33-12-11-32-24/h1-13,18,20H,14H2,(H,33,35)(H,31,34,36)/t18-/m1/s1. The molecule has 2 N–H and O–H groups in total. The number of carbonyl (C=O) groups excluding carboxylic acids is 1. The van der Waals surface area contributed by atoms with Gasteiger partial charge in [-0.25, -0.2) is 23.1 Å². The molecule has 7 nitrogen and oxygen atoms in total. The molecule has 1 amide bonds. The van der Waals surface area contributed by atoms with Crippen LogP contribution in [-0.2, 0) is 4.79 Å². The molecule has 0 fully saturated rings. The number of carbonyl (C=O) groups is 1. The highest BCUT2D eigenvalue weighted by Gasteiger charge is 2.26. The van der Waals surface area contributed by atoms with Crippen molar-refractivity contribution in [1.82, 2.24) is 24.9 Å². The third-order valence-electron chi connectivity index (χ3n) is 5.65. The lowest BCUT2D eigenvalue weighted by Gasteiger charge is -2.17. The number of nitrogens with one attached hydrogen (secondary N) is 2. The van der Waals surface area contributed by atoms with Gasteiger partial charge in [0.15, 0.2) is 5.65 Å². The van der Waals surface area contributed by atoms with Gasteiger partial charge in [0, 0.05) is 36.8 Å². The normalized spacial score (nSPS) is 12.1. The van der Waals surface area contributed by atoms with Gasteiger partial charge in [-0.2, -0.15) is 0 Å². The zero-order valence-electron chi connectivity index (χ0n) is 18.7. The van der Waals surface area contributed by atoms with Crippen molar-refractivity contribution in [2.45, 2.75) is 18.8 Å². The van der Waals surface area contributed by atoms with Gasteiger partial charge in [0.05, 0.1) is 22.9 Å². The van der Waals surface area contributed by atoms with Crippen LogP contribution < -0.4 is 5.32 Å². The topological polar surface area (TPSA) is 96.5 Å². The Morgan fingerprint density at radius 2 is 1.72 bits per heavy atom. The van der Waals surface area contributed by atoms with Crippen molar-refractivity contribution in [1.29, 1.82) is 0 Å². The number of pyridine rings is 2. The maximum Gasteiger partial charge on any atom is 0.239 e. The molecule has 4 heterocycles. The first-order valence-electron chi connectivity index (χ1n) is 11.0. The number of amides is 1. The number of rotatable bonds is 7. The second-order valence-corrected chi connectivity index (χ2v) is 7.99. The Balaban J connectivity index is 1.50. The summed E-state index contributed by atoms with van der Waals surface area (Å²) in [6.07, 6.45) is 2.90. The molecule has 0 aliphatic rings. The summed E-state index contributed by atoms with van der Waals surface area (Å²) in [7, 11) is 0. The molecule has 1 atom stereocenters. The number of nitrogens with zero attached hydrogens (tertiary/aromatic N) is 4. The number of halogens is 3. The van der Waals surface area contributed by atoms with Crippen LogP contribution in [0.5, 0.6) is 0 Å². The first-order valence-corrected chi connectivity index (χ1v) is 11.0. The van der Waals surface area contributed by atoms with Crippen LogP contribution in [0.4, 0.5) is 19.0 Å². The van der Waals surface area contributed by atoms with E-state index >= 15 is 0 Å². The number of aromatic amines is 1. The summed E-state index contributed by atoms with van der Waals surface area (Å²) in [4.78, 5) is 33.7. The highest BCUT2D eigenvalue weighted by molar-refractivity contribution is 6.00. The molecule has 0 radical (unpaired) electrons. The average molecular weight is 488 g/mol. The Morgan fingerprint density at radius 1 is 0.917 bits per heavy atom. The molecule has 180 valence electrons. The lowest BCUT2D eigenvalue weighted by molar-refractivity contribution is -0.118. The number of alkyl halides is 2. The van der Waals surface area contributed by atoms with E-state index in [0.29, 0.717) is 28.1 Å². The number of fused-ring (bicyclic) bond motifs is 1. The van der Waals surface area contributed by atoms with E-state index in [-0.39, 0.29) is 11.4 Å². The van der Waals surface area contributed by atoms with Crippen LogP contribution in [0.25, 0.3) is 33.7 Å². The van der Waals surface area contributed by atoms with Crippen LogP contribution in [0.2, 0.25) is 0 Å². The Bertz CT molecular complexity index is 1510. The molecule has 5 aromatic rings. The summed E-state index contributed by atoms with van der Waals surface area (Å²) in [5, 5.41) is 2.63. The molecule has 5 rings (SSSR count). The molecule has 0 unspecified atom stereocenters. The third kappa shape index (κ3) is 4.78. The zero-order valence-corrected chi connectivity index (χ0v) is 18.7. The largest absolute Gasteiger partial charge is 0.337 e. The second kappa shape index (κ2) is 9.95. The molecule has 0 saturated carbocycles. The van der Waals surface area contributed by atoms with Gasteiger partial charge in [0.2, 0.25) is 12.3 Å². The van der Waals surface area contributed by atoms with Gasteiger partial charge in [0.25, 0.3) is 0 Å². The first-order chi connectivity index (χ1) is 17.5. The highest BCUT2D eigenvalue weighted by atomic mass is 19.3. The van der Waals surface area contributed by atoms with Crippen molar-refractivity contribution in [3.05, 3.63) is 90.8 Å². The first kappa shape index (κ1) is 23.2. The van der Waals surface area contributed by atoms with Gasteiger partial charge in [-0.1, -0.05) is 18.2 Å². The predicted molar refractivity (Wildman–Crippen MR) is 129 cm³/mol. The quantitative estimate of drug-likeness (QED) is 0.311. The molecule has 1 aromatic carbocycles. The lowest BCUT2D eigenvalue weighted by atomic mass is 9.95. The van der Waals surface area contributed by atoms with E-state index in [1.54, 1.807) is 36.8 Å². The number of benzene rings is 1. The van der Waals surface area contributed by atoms with E-state index < -0.39 is 30.5 Å². The van der Waals surface area contributed by atoms with Crippen LogP contribution in [0.3, 0.4) is 0 Å². The molecule has 0 bridgehead atoms. The van der Waals surface area contributed by atoms with Gasteiger partial charge in [-0.05, 0) is 42.0 Å². The van der Waals surface area contributed by atoms with Gasteiger partial charge in [-0.15, -0.1) is 0 Å². The summed E-state index contributed by atoms with van der Waals surface area (Å²) < 4.78 is 39.8. The molecular formula is C26H19F3N6O. The number of H-pyrrole nitrogens is 1. The molecular weight excluding hydrogens is 469 g/mol. The summed E-state index contributed by atoms with van der Waals surface area (Å²) in [6.45, 7) is 0. The predicted octanol–water partition coefficient (Wildman–Crippen LogP) is 5.60. The summed E-state index contributed by atoms with van der Waals surface area (Å²) in [5.41, 5.74) is 4.20. The van der Waals surface area contributed by atoms with Crippen LogP contribution in [0, 0.1) is 5.82 Å². The summed E-state index contributed by atoms with van der Waals surface area (Å²) in [5.74, 6) is -2.20. The minimum atomic E-state index is -2.72. The maximum atomic E-state index is 13.3. The van der Waals surface area contributed by atoms with Crippen molar-refractivity contribution < 1.29 is 18.0 Å².